The Bertz CT molecular complexity index is 362. The molecule has 1 N–H and O–H groups in total. The van der Waals surface area contributed by atoms with Crippen molar-refractivity contribution in [3.8, 4) is 0 Å². The predicted molar refractivity (Wildman–Crippen MR) is 75.7 cm³/mol. The van der Waals surface area contributed by atoms with Crippen molar-refractivity contribution in [2.75, 3.05) is 0 Å². The van der Waals surface area contributed by atoms with Crippen molar-refractivity contribution < 1.29 is 0 Å². The van der Waals surface area contributed by atoms with Crippen LogP contribution in [0.25, 0.3) is 0 Å². The van der Waals surface area contributed by atoms with E-state index in [2.05, 4.69) is 42.1 Å². The minimum absolute atomic E-state index is 0.535. The van der Waals surface area contributed by atoms with E-state index in [1.165, 1.54) is 43.4 Å². The van der Waals surface area contributed by atoms with Gasteiger partial charge in [-0.1, -0.05) is 40.0 Å². The van der Waals surface area contributed by atoms with E-state index < -0.39 is 0 Å². The summed E-state index contributed by atoms with van der Waals surface area (Å²) < 4.78 is 2.32. The fourth-order valence-corrected chi connectivity index (χ4v) is 2.91. The minimum Gasteiger partial charge on any atom is -0.310 e. The van der Waals surface area contributed by atoms with E-state index in [0.717, 1.165) is 13.0 Å². The summed E-state index contributed by atoms with van der Waals surface area (Å²) in [5, 5.41) is 8.16. The summed E-state index contributed by atoms with van der Waals surface area (Å²) in [7, 11) is 0. The molecule has 0 saturated heterocycles. The monoisotopic (exact) mass is 249 g/mol. The van der Waals surface area contributed by atoms with Gasteiger partial charge in [0.25, 0.3) is 0 Å². The molecule has 3 heteroatoms. The summed E-state index contributed by atoms with van der Waals surface area (Å²) >= 11 is 0. The molecule has 1 aromatic heterocycles. The van der Waals surface area contributed by atoms with Gasteiger partial charge in [0.05, 0.1) is 12.2 Å². The highest BCUT2D eigenvalue weighted by molar-refractivity contribution is 5.18. The van der Waals surface area contributed by atoms with Crippen molar-refractivity contribution >= 4 is 0 Å². The molecule has 0 aromatic carbocycles. The van der Waals surface area contributed by atoms with Crippen LogP contribution in [-0.2, 0) is 13.0 Å². The first-order valence-electron chi connectivity index (χ1n) is 7.51. The van der Waals surface area contributed by atoms with Crippen molar-refractivity contribution in [3.05, 3.63) is 17.5 Å². The molecule has 102 valence electrons. The largest absolute Gasteiger partial charge is 0.310 e. The molecular weight excluding hydrogens is 222 g/mol. The summed E-state index contributed by atoms with van der Waals surface area (Å²) in [5.41, 5.74) is 2.83. The third kappa shape index (κ3) is 3.14. The van der Waals surface area contributed by atoms with Gasteiger partial charge in [-0.25, -0.2) is 0 Å². The Morgan fingerprint density at radius 2 is 2.06 bits per heavy atom. The van der Waals surface area contributed by atoms with Gasteiger partial charge in [0.1, 0.15) is 0 Å². The molecular formula is C15H27N3. The summed E-state index contributed by atoms with van der Waals surface area (Å²) in [6.07, 6.45) is 9.92. The van der Waals surface area contributed by atoms with Gasteiger partial charge in [-0.15, -0.1) is 0 Å². The van der Waals surface area contributed by atoms with E-state index in [4.69, 9.17) is 0 Å². The molecule has 2 rings (SSSR count). The van der Waals surface area contributed by atoms with Gasteiger partial charge in [-0.2, -0.15) is 5.10 Å². The van der Waals surface area contributed by atoms with Crippen molar-refractivity contribution in [2.24, 2.45) is 0 Å². The summed E-state index contributed by atoms with van der Waals surface area (Å²) in [4.78, 5) is 0. The van der Waals surface area contributed by atoms with Gasteiger partial charge >= 0.3 is 0 Å². The molecule has 1 aromatic rings. The maximum atomic E-state index is 4.67. The zero-order valence-electron chi connectivity index (χ0n) is 12.1. The molecule has 0 aliphatic heterocycles. The van der Waals surface area contributed by atoms with E-state index in [0.29, 0.717) is 12.1 Å². The summed E-state index contributed by atoms with van der Waals surface area (Å²) in [6, 6.07) is 1.19. The maximum absolute atomic E-state index is 4.67. The number of aromatic nitrogens is 2. The normalized spacial score (nSPS) is 17.6. The molecule has 1 saturated carbocycles. The second kappa shape index (κ2) is 6.37. The standard InChI is InChI=1S/C15H27N3/c1-4-15-13(10-16-12(2)3)11-17-18(15)14-8-6-5-7-9-14/h11-12,14,16H,4-10H2,1-3H3. The van der Waals surface area contributed by atoms with Crippen molar-refractivity contribution in [2.45, 2.75) is 77.9 Å². The van der Waals surface area contributed by atoms with Gasteiger partial charge in [0.2, 0.25) is 0 Å². The van der Waals surface area contributed by atoms with Gasteiger partial charge in [0, 0.05) is 23.8 Å². The average molecular weight is 249 g/mol. The zero-order valence-corrected chi connectivity index (χ0v) is 12.1. The molecule has 0 amide bonds. The Kier molecular flexibility index (Phi) is 4.81. The smallest absolute Gasteiger partial charge is 0.0537 e. The molecule has 1 fully saturated rings. The van der Waals surface area contributed by atoms with Gasteiger partial charge in [-0.3, -0.25) is 4.68 Å². The van der Waals surface area contributed by atoms with Crippen LogP contribution in [0.5, 0.6) is 0 Å². The minimum atomic E-state index is 0.535. The number of hydrogen-bond donors (Lipinski definition) is 1. The van der Waals surface area contributed by atoms with E-state index in [9.17, 15) is 0 Å². The lowest BCUT2D eigenvalue weighted by Gasteiger charge is -2.24. The van der Waals surface area contributed by atoms with Crippen LogP contribution in [0.3, 0.4) is 0 Å². The van der Waals surface area contributed by atoms with Gasteiger partial charge in [0.15, 0.2) is 0 Å². The van der Waals surface area contributed by atoms with E-state index in [1.54, 1.807) is 0 Å². The Balaban J connectivity index is 2.10. The van der Waals surface area contributed by atoms with Crippen LogP contribution < -0.4 is 5.32 Å². The first-order valence-corrected chi connectivity index (χ1v) is 7.51. The van der Waals surface area contributed by atoms with Crippen LogP contribution in [0.4, 0.5) is 0 Å². The second-order valence-electron chi connectivity index (χ2n) is 5.74. The topological polar surface area (TPSA) is 29.9 Å². The molecule has 0 bridgehead atoms. The van der Waals surface area contributed by atoms with Crippen LogP contribution in [0, 0.1) is 0 Å². The lowest BCUT2D eigenvalue weighted by Crippen LogP contribution is -2.23. The molecule has 18 heavy (non-hydrogen) atoms. The molecule has 3 nitrogen and oxygen atoms in total. The molecule has 0 radical (unpaired) electrons. The summed E-state index contributed by atoms with van der Waals surface area (Å²) in [5.74, 6) is 0. The molecule has 0 spiro atoms. The molecule has 1 heterocycles. The average Bonchev–Trinajstić information content (AvgIpc) is 2.80. The Hall–Kier alpha value is -0.830. The van der Waals surface area contributed by atoms with Crippen LogP contribution >= 0.6 is 0 Å². The number of nitrogens with zero attached hydrogens (tertiary/aromatic N) is 2. The lowest BCUT2D eigenvalue weighted by molar-refractivity contribution is 0.322. The van der Waals surface area contributed by atoms with Crippen LogP contribution in [-0.4, -0.2) is 15.8 Å². The van der Waals surface area contributed by atoms with Crippen LogP contribution in [0.2, 0.25) is 0 Å². The van der Waals surface area contributed by atoms with Crippen LogP contribution in [0.15, 0.2) is 6.20 Å². The van der Waals surface area contributed by atoms with Gasteiger partial charge < -0.3 is 5.32 Å². The Morgan fingerprint density at radius 1 is 1.33 bits per heavy atom. The highest BCUT2D eigenvalue weighted by atomic mass is 15.3. The fraction of sp³-hybridized carbons (Fsp3) is 0.800. The maximum Gasteiger partial charge on any atom is 0.0537 e. The molecule has 1 aliphatic carbocycles. The zero-order chi connectivity index (χ0) is 13.0. The second-order valence-corrected chi connectivity index (χ2v) is 5.74. The molecule has 0 atom stereocenters. The predicted octanol–water partition coefficient (Wildman–Crippen LogP) is 3.45. The highest BCUT2D eigenvalue weighted by Gasteiger charge is 2.19. The van der Waals surface area contributed by atoms with Crippen molar-refractivity contribution in [1.29, 1.82) is 0 Å². The number of nitrogens with one attached hydrogen (secondary N) is 1. The Morgan fingerprint density at radius 3 is 2.67 bits per heavy atom. The number of rotatable bonds is 5. The summed E-state index contributed by atoms with van der Waals surface area (Å²) in [6.45, 7) is 7.58. The first-order chi connectivity index (χ1) is 8.72. The quantitative estimate of drug-likeness (QED) is 0.866. The van der Waals surface area contributed by atoms with Crippen LogP contribution in [0.1, 0.15) is 70.2 Å². The lowest BCUT2D eigenvalue weighted by atomic mass is 9.95. The van der Waals surface area contributed by atoms with Crippen molar-refractivity contribution in [1.82, 2.24) is 15.1 Å². The fourth-order valence-electron chi connectivity index (χ4n) is 2.91. The van der Waals surface area contributed by atoms with Crippen molar-refractivity contribution in [3.63, 3.8) is 0 Å². The SMILES string of the molecule is CCc1c(CNC(C)C)cnn1C1CCCCC1. The molecule has 1 aliphatic rings. The van der Waals surface area contributed by atoms with E-state index in [-0.39, 0.29) is 0 Å². The van der Waals surface area contributed by atoms with E-state index >= 15 is 0 Å². The number of hydrogen-bond acceptors (Lipinski definition) is 2. The Labute approximate surface area is 111 Å². The first kappa shape index (κ1) is 13.6. The van der Waals surface area contributed by atoms with Gasteiger partial charge in [-0.05, 0) is 19.3 Å². The van der Waals surface area contributed by atoms with E-state index in [1.807, 2.05) is 0 Å². The molecule has 0 unspecified atom stereocenters. The highest BCUT2D eigenvalue weighted by Crippen LogP contribution is 2.29. The third-order valence-electron chi connectivity index (χ3n) is 3.94. The third-order valence-corrected chi connectivity index (χ3v) is 3.94.